The molecule has 5 nitrogen and oxygen atoms in total. The van der Waals surface area contributed by atoms with Crippen molar-refractivity contribution in [2.45, 2.75) is 0 Å². The minimum Gasteiger partial charge on any atom is -0.321 e. The Bertz CT molecular complexity index is 1330. The van der Waals surface area contributed by atoms with E-state index in [9.17, 15) is 14.4 Å². The van der Waals surface area contributed by atoms with E-state index in [4.69, 9.17) is 0 Å². The van der Waals surface area contributed by atoms with Crippen LogP contribution in [0.5, 0.6) is 0 Å². The molecule has 1 aliphatic heterocycles. The first-order chi connectivity index (χ1) is 15.6. The second-order valence-electron chi connectivity index (χ2n) is 7.41. The molecule has 0 radical (unpaired) electrons. The van der Waals surface area contributed by atoms with Crippen LogP contribution in [0.25, 0.3) is 11.1 Å². The number of carbonyl (C=O) groups is 3. The fourth-order valence-corrected chi connectivity index (χ4v) is 3.84. The molecule has 0 spiro atoms. The molecule has 1 N–H and O–H groups in total. The van der Waals surface area contributed by atoms with E-state index < -0.39 is 11.8 Å². The lowest BCUT2D eigenvalue weighted by Crippen LogP contribution is -2.29. The van der Waals surface area contributed by atoms with Crippen LogP contribution >= 0.6 is 0 Å². The van der Waals surface area contributed by atoms with Gasteiger partial charge in [-0.05, 0) is 47.5 Å². The van der Waals surface area contributed by atoms with Crippen LogP contribution in [-0.4, -0.2) is 17.7 Å². The average molecular weight is 418 g/mol. The third-order valence-electron chi connectivity index (χ3n) is 5.43. The maximum Gasteiger partial charge on any atom is 0.268 e. The van der Waals surface area contributed by atoms with Crippen molar-refractivity contribution in [3.63, 3.8) is 0 Å². The maximum atomic E-state index is 13.1. The summed E-state index contributed by atoms with van der Waals surface area (Å²) < 4.78 is 0. The summed E-state index contributed by atoms with van der Waals surface area (Å²) in [7, 11) is 0. The third kappa shape index (κ3) is 3.36. The van der Waals surface area contributed by atoms with Crippen molar-refractivity contribution < 1.29 is 14.4 Å². The van der Waals surface area contributed by atoms with E-state index >= 15 is 0 Å². The molecule has 0 aliphatic carbocycles. The Balaban J connectivity index is 1.42. The van der Waals surface area contributed by atoms with Gasteiger partial charge in [0.1, 0.15) is 0 Å². The van der Waals surface area contributed by atoms with Gasteiger partial charge >= 0.3 is 0 Å². The highest BCUT2D eigenvalue weighted by atomic mass is 16.2. The Morgan fingerprint density at radius 3 is 1.94 bits per heavy atom. The zero-order valence-corrected chi connectivity index (χ0v) is 17.0. The first kappa shape index (κ1) is 19.5. The number of amides is 3. The first-order valence-corrected chi connectivity index (χ1v) is 10.2. The van der Waals surface area contributed by atoms with Crippen molar-refractivity contribution in [1.29, 1.82) is 0 Å². The third-order valence-corrected chi connectivity index (χ3v) is 5.43. The minimum absolute atomic E-state index is 0.204. The predicted octanol–water partition coefficient (Wildman–Crippen LogP) is 5.41. The molecule has 4 aromatic carbocycles. The van der Waals surface area contributed by atoms with E-state index in [0.717, 1.165) is 16.0 Å². The van der Waals surface area contributed by atoms with Crippen LogP contribution in [0.2, 0.25) is 0 Å². The van der Waals surface area contributed by atoms with Crippen molar-refractivity contribution in [2.75, 3.05) is 10.2 Å². The molecule has 1 heterocycles. The van der Waals surface area contributed by atoms with E-state index in [-0.39, 0.29) is 17.0 Å². The van der Waals surface area contributed by atoms with E-state index in [2.05, 4.69) is 5.32 Å². The second-order valence-corrected chi connectivity index (χ2v) is 7.41. The van der Waals surface area contributed by atoms with Crippen LogP contribution in [0.4, 0.5) is 11.4 Å². The zero-order chi connectivity index (χ0) is 22.1. The second kappa shape index (κ2) is 7.96. The lowest BCUT2D eigenvalue weighted by molar-refractivity contribution is 0.0926. The van der Waals surface area contributed by atoms with E-state index in [0.29, 0.717) is 16.9 Å². The molecular formula is C27H18N2O3. The van der Waals surface area contributed by atoms with E-state index in [1.54, 1.807) is 54.6 Å². The highest BCUT2D eigenvalue weighted by molar-refractivity contribution is 6.36. The molecule has 0 saturated carbocycles. The highest BCUT2D eigenvalue weighted by Crippen LogP contribution is 2.33. The van der Waals surface area contributed by atoms with Gasteiger partial charge in [0.2, 0.25) is 0 Å². The van der Waals surface area contributed by atoms with Gasteiger partial charge in [0.15, 0.2) is 0 Å². The fraction of sp³-hybridized carbons (Fsp3) is 0. The van der Waals surface area contributed by atoms with Gasteiger partial charge in [0.05, 0.1) is 22.5 Å². The minimum atomic E-state index is -0.452. The molecule has 0 saturated heterocycles. The Morgan fingerprint density at radius 1 is 0.625 bits per heavy atom. The van der Waals surface area contributed by atoms with Gasteiger partial charge in [-0.25, -0.2) is 4.90 Å². The lowest BCUT2D eigenvalue weighted by atomic mass is 10.0. The van der Waals surface area contributed by atoms with Crippen LogP contribution in [0.3, 0.4) is 0 Å². The van der Waals surface area contributed by atoms with Crippen LogP contribution in [-0.2, 0) is 0 Å². The topological polar surface area (TPSA) is 66.5 Å². The number of nitrogens with zero attached hydrogens (tertiary/aromatic N) is 1. The molecule has 0 unspecified atom stereocenters. The molecule has 154 valence electrons. The number of hydrogen-bond acceptors (Lipinski definition) is 3. The van der Waals surface area contributed by atoms with Gasteiger partial charge in [-0.1, -0.05) is 66.7 Å². The highest BCUT2D eigenvalue weighted by Gasteiger charge is 2.38. The van der Waals surface area contributed by atoms with Crippen LogP contribution < -0.4 is 10.2 Å². The monoisotopic (exact) mass is 418 g/mol. The molecule has 32 heavy (non-hydrogen) atoms. The number of benzene rings is 4. The normalized spacial score (nSPS) is 12.6. The van der Waals surface area contributed by atoms with Crippen molar-refractivity contribution in [2.24, 2.45) is 0 Å². The van der Waals surface area contributed by atoms with Crippen molar-refractivity contribution >= 4 is 29.1 Å². The molecule has 0 atom stereocenters. The zero-order valence-electron chi connectivity index (χ0n) is 17.0. The Hall–Kier alpha value is -4.51. The Kier molecular flexibility index (Phi) is 4.84. The van der Waals surface area contributed by atoms with Gasteiger partial charge in [-0.2, -0.15) is 0 Å². The summed E-state index contributed by atoms with van der Waals surface area (Å²) in [5.41, 5.74) is 3.81. The molecule has 5 rings (SSSR count). The lowest BCUT2D eigenvalue weighted by Gasteiger charge is -2.13. The van der Waals surface area contributed by atoms with Gasteiger partial charge in [-0.3, -0.25) is 14.4 Å². The Labute approximate surface area is 184 Å². The molecule has 1 aliphatic rings. The molecular weight excluding hydrogens is 400 g/mol. The number of hydrogen-bond donors (Lipinski definition) is 1. The maximum absolute atomic E-state index is 13.1. The molecule has 3 amide bonds. The van der Waals surface area contributed by atoms with Gasteiger partial charge in [-0.15, -0.1) is 0 Å². The number of anilines is 2. The Morgan fingerprint density at radius 2 is 1.25 bits per heavy atom. The molecule has 0 aromatic heterocycles. The molecule has 4 aromatic rings. The summed E-state index contributed by atoms with van der Waals surface area (Å²) in [5, 5.41) is 2.80. The molecule has 0 fully saturated rings. The molecule has 0 bridgehead atoms. The number of carbonyl (C=O) groups excluding carboxylic acids is 3. The summed E-state index contributed by atoms with van der Waals surface area (Å²) in [6.45, 7) is 0. The van der Waals surface area contributed by atoms with Crippen molar-refractivity contribution in [1.82, 2.24) is 0 Å². The smallest absolute Gasteiger partial charge is 0.268 e. The largest absolute Gasteiger partial charge is 0.321 e. The average Bonchev–Trinajstić information content (AvgIpc) is 3.11. The molecule has 5 heteroatoms. The van der Waals surface area contributed by atoms with Gasteiger partial charge in [0.25, 0.3) is 17.7 Å². The fourth-order valence-electron chi connectivity index (χ4n) is 3.84. The van der Waals surface area contributed by atoms with E-state index in [1.165, 1.54) is 0 Å². The number of rotatable bonds is 4. The number of fused-ring (bicyclic) bond motifs is 1. The number of para-hydroxylation sites is 1. The van der Waals surface area contributed by atoms with Crippen LogP contribution in [0.15, 0.2) is 103 Å². The summed E-state index contributed by atoms with van der Waals surface area (Å²) >= 11 is 0. The van der Waals surface area contributed by atoms with Crippen molar-refractivity contribution in [3.05, 3.63) is 120 Å². The predicted molar refractivity (Wildman–Crippen MR) is 124 cm³/mol. The summed E-state index contributed by atoms with van der Waals surface area (Å²) in [4.78, 5) is 40.0. The van der Waals surface area contributed by atoms with E-state index in [1.807, 2.05) is 48.5 Å². The summed E-state index contributed by atoms with van der Waals surface area (Å²) in [6, 6.07) is 30.8. The quantitative estimate of drug-likeness (QED) is 0.451. The number of nitrogens with one attached hydrogen (secondary N) is 1. The first-order valence-electron chi connectivity index (χ1n) is 10.2. The van der Waals surface area contributed by atoms with Gasteiger partial charge in [0, 0.05) is 5.56 Å². The summed E-state index contributed by atoms with van der Waals surface area (Å²) in [5.74, 6) is -1.21. The standard InChI is InChI=1S/C27H18N2O3/c30-25(20-16-14-19(15-17-20)18-8-3-1-4-9-18)28-23-13-7-12-22-24(23)27(32)29(26(22)31)21-10-5-2-6-11-21/h1-17H,(H,28,30). The van der Waals surface area contributed by atoms with Crippen LogP contribution in [0, 0.1) is 0 Å². The van der Waals surface area contributed by atoms with Gasteiger partial charge < -0.3 is 5.32 Å². The van der Waals surface area contributed by atoms with Crippen molar-refractivity contribution in [3.8, 4) is 11.1 Å². The van der Waals surface area contributed by atoms with Crippen LogP contribution in [0.1, 0.15) is 31.1 Å². The summed E-state index contributed by atoms with van der Waals surface area (Å²) in [6.07, 6.45) is 0. The number of imide groups is 1. The SMILES string of the molecule is O=C(Nc1cccc2c1C(=O)N(c1ccccc1)C2=O)c1ccc(-c2ccccc2)cc1.